The van der Waals surface area contributed by atoms with Crippen molar-refractivity contribution in [2.45, 2.75) is 38.8 Å². The minimum atomic E-state index is -0.445. The fourth-order valence-electron chi connectivity index (χ4n) is 2.51. The molecule has 1 heterocycles. The molecule has 0 unspecified atom stereocenters. The van der Waals surface area contributed by atoms with Crippen molar-refractivity contribution in [2.24, 2.45) is 5.73 Å². The standard InChI is InChI=1S/C18H24N4O2.ClH/c1-3-18(4-2,13-19)20-17(24)15-10-11-16(23)22(21-15)12-14-8-6-5-7-9-14;/h5-11H,3-4,12-13,19H2,1-2H3,(H,20,24);1H. The number of carbonyl (C=O) groups is 1. The number of rotatable bonds is 7. The molecule has 0 spiro atoms. The fourth-order valence-corrected chi connectivity index (χ4v) is 2.51. The molecule has 2 rings (SSSR count). The van der Waals surface area contributed by atoms with Gasteiger partial charge in [0.25, 0.3) is 11.5 Å². The van der Waals surface area contributed by atoms with E-state index in [4.69, 9.17) is 5.73 Å². The van der Waals surface area contributed by atoms with Crippen LogP contribution >= 0.6 is 12.4 Å². The van der Waals surface area contributed by atoms with Crippen molar-refractivity contribution in [3.05, 3.63) is 64.1 Å². The molecule has 0 aliphatic heterocycles. The molecule has 136 valence electrons. The van der Waals surface area contributed by atoms with Crippen LogP contribution in [0.25, 0.3) is 0 Å². The Labute approximate surface area is 153 Å². The van der Waals surface area contributed by atoms with Crippen LogP contribution in [0, 0.1) is 0 Å². The molecular weight excluding hydrogens is 340 g/mol. The summed E-state index contributed by atoms with van der Waals surface area (Å²) in [6, 6.07) is 12.3. The summed E-state index contributed by atoms with van der Waals surface area (Å²) in [6.07, 6.45) is 1.46. The number of nitrogens with one attached hydrogen (secondary N) is 1. The van der Waals surface area contributed by atoms with Crippen molar-refractivity contribution >= 4 is 18.3 Å². The Bertz CT molecular complexity index is 734. The van der Waals surface area contributed by atoms with E-state index in [0.717, 1.165) is 18.4 Å². The summed E-state index contributed by atoms with van der Waals surface area (Å²) in [4.78, 5) is 24.5. The zero-order chi connectivity index (χ0) is 17.6. The average molecular weight is 365 g/mol. The molecular formula is C18H25ClN4O2. The average Bonchev–Trinajstić information content (AvgIpc) is 2.62. The molecule has 0 saturated heterocycles. The minimum absolute atomic E-state index is 0. The molecule has 0 saturated carbocycles. The Kier molecular flexibility index (Phi) is 7.80. The maximum atomic E-state index is 12.5. The summed E-state index contributed by atoms with van der Waals surface area (Å²) in [5, 5.41) is 7.17. The van der Waals surface area contributed by atoms with Crippen LogP contribution in [-0.2, 0) is 6.54 Å². The number of aromatic nitrogens is 2. The van der Waals surface area contributed by atoms with Crippen LogP contribution in [0.4, 0.5) is 0 Å². The van der Waals surface area contributed by atoms with Crippen LogP contribution in [0.2, 0.25) is 0 Å². The Hall–Kier alpha value is -2.18. The third-order valence-corrected chi connectivity index (χ3v) is 4.40. The van der Waals surface area contributed by atoms with Crippen LogP contribution in [0.3, 0.4) is 0 Å². The first kappa shape index (κ1) is 20.9. The van der Waals surface area contributed by atoms with Gasteiger partial charge in [-0.05, 0) is 24.5 Å². The van der Waals surface area contributed by atoms with E-state index in [0.29, 0.717) is 13.1 Å². The van der Waals surface area contributed by atoms with Gasteiger partial charge in [0.2, 0.25) is 0 Å². The summed E-state index contributed by atoms with van der Waals surface area (Å²) in [7, 11) is 0. The molecule has 1 aromatic carbocycles. The van der Waals surface area contributed by atoms with Gasteiger partial charge in [-0.25, -0.2) is 4.68 Å². The van der Waals surface area contributed by atoms with Crippen molar-refractivity contribution < 1.29 is 4.79 Å². The van der Waals surface area contributed by atoms with E-state index in [-0.39, 0.29) is 29.6 Å². The van der Waals surface area contributed by atoms with E-state index in [9.17, 15) is 9.59 Å². The summed E-state index contributed by atoms with van der Waals surface area (Å²) in [5.41, 5.74) is 6.29. The molecule has 2 aromatic rings. The molecule has 3 N–H and O–H groups in total. The van der Waals surface area contributed by atoms with Crippen LogP contribution in [0.15, 0.2) is 47.3 Å². The first-order valence-electron chi connectivity index (χ1n) is 8.18. The van der Waals surface area contributed by atoms with Crippen LogP contribution in [-0.4, -0.2) is 27.8 Å². The van der Waals surface area contributed by atoms with Gasteiger partial charge in [0.1, 0.15) is 5.69 Å². The second-order valence-electron chi connectivity index (χ2n) is 5.85. The third-order valence-electron chi connectivity index (χ3n) is 4.40. The number of hydrogen-bond acceptors (Lipinski definition) is 4. The lowest BCUT2D eigenvalue weighted by atomic mass is 9.93. The Balaban J connectivity index is 0.00000312. The highest BCUT2D eigenvalue weighted by atomic mass is 35.5. The third kappa shape index (κ3) is 5.14. The molecule has 7 heteroatoms. The lowest BCUT2D eigenvalue weighted by Gasteiger charge is -2.31. The number of halogens is 1. The number of nitrogens with two attached hydrogens (primary N) is 1. The van der Waals surface area contributed by atoms with Gasteiger partial charge in [0, 0.05) is 12.6 Å². The maximum absolute atomic E-state index is 12.5. The van der Waals surface area contributed by atoms with E-state index < -0.39 is 5.54 Å². The molecule has 1 aromatic heterocycles. The predicted molar refractivity (Wildman–Crippen MR) is 101 cm³/mol. The van der Waals surface area contributed by atoms with Crippen LogP contribution in [0.1, 0.15) is 42.7 Å². The maximum Gasteiger partial charge on any atom is 0.272 e. The van der Waals surface area contributed by atoms with Crippen molar-refractivity contribution in [1.82, 2.24) is 15.1 Å². The number of hydrogen-bond donors (Lipinski definition) is 2. The monoisotopic (exact) mass is 364 g/mol. The van der Waals surface area contributed by atoms with Gasteiger partial charge in [-0.2, -0.15) is 5.10 Å². The Morgan fingerprint density at radius 3 is 2.36 bits per heavy atom. The van der Waals surface area contributed by atoms with Crippen molar-refractivity contribution in [3.63, 3.8) is 0 Å². The lowest BCUT2D eigenvalue weighted by molar-refractivity contribution is 0.0887. The van der Waals surface area contributed by atoms with E-state index >= 15 is 0 Å². The molecule has 0 aliphatic carbocycles. The number of benzene rings is 1. The molecule has 0 aliphatic rings. The Morgan fingerprint density at radius 1 is 1.16 bits per heavy atom. The van der Waals surface area contributed by atoms with Gasteiger partial charge in [0.15, 0.2) is 0 Å². The molecule has 1 amide bonds. The number of carbonyl (C=O) groups excluding carboxylic acids is 1. The second kappa shape index (κ2) is 9.34. The van der Waals surface area contributed by atoms with Gasteiger partial charge < -0.3 is 11.1 Å². The highest BCUT2D eigenvalue weighted by molar-refractivity contribution is 5.92. The molecule has 0 radical (unpaired) electrons. The lowest BCUT2D eigenvalue weighted by Crippen LogP contribution is -2.53. The molecule has 0 fully saturated rings. The quantitative estimate of drug-likeness (QED) is 0.785. The van der Waals surface area contributed by atoms with Gasteiger partial charge in [-0.3, -0.25) is 9.59 Å². The van der Waals surface area contributed by atoms with E-state index in [1.165, 1.54) is 16.8 Å². The molecule has 25 heavy (non-hydrogen) atoms. The molecule has 0 atom stereocenters. The topological polar surface area (TPSA) is 90.0 Å². The van der Waals surface area contributed by atoms with Crippen LogP contribution < -0.4 is 16.6 Å². The van der Waals surface area contributed by atoms with E-state index in [1.807, 2.05) is 44.2 Å². The van der Waals surface area contributed by atoms with E-state index in [2.05, 4.69) is 10.4 Å². The Morgan fingerprint density at radius 2 is 1.80 bits per heavy atom. The summed E-state index contributed by atoms with van der Waals surface area (Å²) < 4.78 is 1.30. The van der Waals surface area contributed by atoms with Crippen LogP contribution in [0.5, 0.6) is 0 Å². The predicted octanol–water partition coefficient (Wildman–Crippen LogP) is 1.96. The first-order valence-corrected chi connectivity index (χ1v) is 8.18. The molecule has 0 bridgehead atoms. The first-order chi connectivity index (χ1) is 11.5. The second-order valence-corrected chi connectivity index (χ2v) is 5.85. The van der Waals surface area contributed by atoms with E-state index in [1.54, 1.807) is 0 Å². The molecule has 6 nitrogen and oxygen atoms in total. The highest BCUT2D eigenvalue weighted by Gasteiger charge is 2.27. The van der Waals surface area contributed by atoms with Gasteiger partial charge >= 0.3 is 0 Å². The normalized spacial score (nSPS) is 10.8. The largest absolute Gasteiger partial charge is 0.344 e. The zero-order valence-electron chi connectivity index (χ0n) is 14.6. The summed E-state index contributed by atoms with van der Waals surface area (Å²) >= 11 is 0. The van der Waals surface area contributed by atoms with Gasteiger partial charge in [0.05, 0.1) is 12.1 Å². The van der Waals surface area contributed by atoms with Crippen molar-refractivity contribution in [1.29, 1.82) is 0 Å². The smallest absolute Gasteiger partial charge is 0.272 e. The summed E-state index contributed by atoms with van der Waals surface area (Å²) in [6.45, 7) is 4.65. The summed E-state index contributed by atoms with van der Waals surface area (Å²) in [5.74, 6) is -0.314. The number of amides is 1. The highest BCUT2D eigenvalue weighted by Crippen LogP contribution is 2.14. The minimum Gasteiger partial charge on any atom is -0.344 e. The zero-order valence-corrected chi connectivity index (χ0v) is 15.4. The van der Waals surface area contributed by atoms with Gasteiger partial charge in [-0.1, -0.05) is 44.2 Å². The van der Waals surface area contributed by atoms with Crippen molar-refractivity contribution in [3.8, 4) is 0 Å². The number of nitrogens with zero attached hydrogens (tertiary/aromatic N) is 2. The van der Waals surface area contributed by atoms with Gasteiger partial charge in [-0.15, -0.1) is 12.4 Å². The van der Waals surface area contributed by atoms with Crippen molar-refractivity contribution in [2.75, 3.05) is 6.54 Å². The SMILES string of the molecule is CCC(CC)(CN)NC(=O)c1ccc(=O)n(Cc2ccccc2)n1.Cl. The fraction of sp³-hybridized carbons (Fsp3) is 0.389.